The van der Waals surface area contributed by atoms with Crippen LogP contribution in [0.4, 0.5) is 34.1 Å². The summed E-state index contributed by atoms with van der Waals surface area (Å²) >= 11 is 0. The second kappa shape index (κ2) is 20.8. The van der Waals surface area contributed by atoms with E-state index in [1.54, 1.807) is 22.3 Å². The average molecular weight is 1290 g/mol. The second-order valence-corrected chi connectivity index (χ2v) is 40.9. The molecule has 16 fully saturated rings. The standard InChI is InChI=1S/C96H112N2/c1-89(2,3)67-37-68(90(4,5)6)42-79(41-67)97(81-45-75(93-49-57-24-58(50-93)29-71(93)28-57)39-76(46-81)94-51-59-25-60(52-94)31-72(94)30-59)87-83-20-16-17-21-84(83)88(86-36-66(22-23-85(86)87)65-18-14-13-15-19-65)98(80-43-69(91(7,8)9)38-70(44-80)92(10,11)12)82-47-77(95-53-61-26-62(54-95)33-73(95)32-61)40-78(48-82)96-55-63-27-64(56-96)35-74(96)34-63/h13-23,36-48,57-64,71-74H,24-35,49-56H2,1-12H3. The fourth-order valence-corrected chi connectivity index (χ4v) is 27.2. The molecular formula is C96H112N2. The van der Waals surface area contributed by atoms with Gasteiger partial charge >= 0.3 is 0 Å². The first-order chi connectivity index (χ1) is 46.8. The lowest BCUT2D eigenvalue weighted by molar-refractivity contribution is 0.263. The summed E-state index contributed by atoms with van der Waals surface area (Å²) in [5.74, 6) is 10.2. The lowest BCUT2D eigenvalue weighted by Gasteiger charge is -2.40. The minimum atomic E-state index is -0.0829. The average Bonchev–Trinajstić information content (AvgIpc) is 1.35. The molecule has 0 aromatic heterocycles. The molecule has 2 heteroatoms. The van der Waals surface area contributed by atoms with E-state index < -0.39 is 0 Å². The molecule has 98 heavy (non-hydrogen) atoms. The van der Waals surface area contributed by atoms with Gasteiger partial charge in [-0.05, 0) is 353 Å². The molecule has 16 saturated carbocycles. The van der Waals surface area contributed by atoms with Gasteiger partial charge in [-0.3, -0.25) is 0 Å². The highest BCUT2D eigenvalue weighted by molar-refractivity contribution is 6.24. The van der Waals surface area contributed by atoms with Crippen molar-refractivity contribution in [3.05, 3.63) is 190 Å². The number of hydrogen-bond acceptors (Lipinski definition) is 2. The molecule has 0 amide bonds. The van der Waals surface area contributed by atoms with Crippen LogP contribution in [0.25, 0.3) is 32.7 Å². The lowest BCUT2D eigenvalue weighted by atomic mass is 9.67. The van der Waals surface area contributed by atoms with Crippen LogP contribution < -0.4 is 9.80 Å². The molecule has 8 aromatic rings. The van der Waals surface area contributed by atoms with Gasteiger partial charge in [0.05, 0.1) is 11.4 Å². The third kappa shape index (κ3) is 9.20. The van der Waals surface area contributed by atoms with Crippen molar-refractivity contribution in [2.24, 2.45) is 71.0 Å². The minimum Gasteiger partial charge on any atom is -0.309 e. The maximum atomic E-state index is 2.93. The summed E-state index contributed by atoms with van der Waals surface area (Å²) in [5.41, 5.74) is 23.8. The van der Waals surface area contributed by atoms with E-state index >= 15 is 0 Å². The first-order valence-electron chi connectivity index (χ1n) is 40.0. The summed E-state index contributed by atoms with van der Waals surface area (Å²) in [4.78, 5) is 5.86. The number of hydrogen-bond donors (Lipinski definition) is 0. The molecule has 16 aliphatic rings. The van der Waals surface area contributed by atoms with Crippen molar-refractivity contribution >= 4 is 55.7 Å². The highest BCUT2D eigenvalue weighted by Gasteiger charge is 2.63. The smallest absolute Gasteiger partial charge is 0.0620 e. The first kappa shape index (κ1) is 61.7. The van der Waals surface area contributed by atoms with Gasteiger partial charge < -0.3 is 9.80 Å². The summed E-state index contributed by atoms with van der Waals surface area (Å²) in [5, 5.41) is 5.35. The van der Waals surface area contributed by atoms with Crippen LogP contribution in [-0.4, -0.2) is 0 Å². The van der Waals surface area contributed by atoms with Gasteiger partial charge in [0.15, 0.2) is 0 Å². The largest absolute Gasteiger partial charge is 0.309 e. The van der Waals surface area contributed by atoms with Gasteiger partial charge in [0.25, 0.3) is 0 Å². The molecule has 506 valence electrons. The number of rotatable bonds is 11. The molecule has 16 bridgehead atoms. The Morgan fingerprint density at radius 1 is 0.255 bits per heavy atom. The predicted molar refractivity (Wildman–Crippen MR) is 412 cm³/mol. The Balaban J connectivity index is 0.919. The summed E-state index contributed by atoms with van der Waals surface area (Å²) in [6.07, 6.45) is 28.3. The van der Waals surface area contributed by atoms with E-state index in [1.165, 1.54) is 217 Å². The Labute approximate surface area is 589 Å². The van der Waals surface area contributed by atoms with Crippen molar-refractivity contribution < 1.29 is 0 Å². The normalized spacial score (nSPS) is 34.3. The molecule has 16 aliphatic carbocycles. The van der Waals surface area contributed by atoms with Crippen LogP contribution >= 0.6 is 0 Å². The summed E-state index contributed by atoms with van der Waals surface area (Å²) in [6, 6.07) is 62.3. The topological polar surface area (TPSA) is 6.48 Å². The Morgan fingerprint density at radius 3 is 0.837 bits per heavy atom. The molecule has 8 aromatic carbocycles. The number of anilines is 6. The van der Waals surface area contributed by atoms with Gasteiger partial charge in [-0.15, -0.1) is 0 Å². The van der Waals surface area contributed by atoms with E-state index in [-0.39, 0.29) is 43.3 Å². The zero-order valence-electron chi connectivity index (χ0n) is 61.8. The zero-order chi connectivity index (χ0) is 66.7. The summed E-state index contributed by atoms with van der Waals surface area (Å²) < 4.78 is 0. The van der Waals surface area contributed by atoms with E-state index in [2.05, 4.69) is 238 Å². The van der Waals surface area contributed by atoms with Crippen LogP contribution in [0.1, 0.15) is 256 Å². The predicted octanol–water partition coefficient (Wildman–Crippen LogP) is 26.1. The maximum absolute atomic E-state index is 2.93. The maximum Gasteiger partial charge on any atom is 0.0620 e. The SMILES string of the molecule is CC(C)(C)c1cc(N(c2cc(C34CC5CC(CC3C5)C4)cc(C34CC5CC(CC3C5)C4)c2)c2c3ccccc3c(N(c3cc(C(C)(C)C)cc(C(C)(C)C)c3)c3cc(C45CC6CC(CC4C6)C5)cc(C45CC6CC(CC4C6)C5)c3)c3cc(-c4ccccc4)ccc23)cc(C(C)(C)C)c1. The molecule has 0 heterocycles. The van der Waals surface area contributed by atoms with E-state index in [9.17, 15) is 0 Å². The Hall–Kier alpha value is -6.12. The molecular weight excluding hydrogens is 1180 g/mol. The monoisotopic (exact) mass is 1290 g/mol. The number of nitrogens with zero attached hydrogens (tertiary/aromatic N) is 2. The van der Waals surface area contributed by atoms with Crippen molar-refractivity contribution in [2.75, 3.05) is 9.80 Å². The van der Waals surface area contributed by atoms with Crippen LogP contribution in [-0.2, 0) is 43.3 Å². The van der Waals surface area contributed by atoms with Crippen molar-refractivity contribution in [1.29, 1.82) is 0 Å². The zero-order valence-corrected chi connectivity index (χ0v) is 61.8. The van der Waals surface area contributed by atoms with Crippen molar-refractivity contribution in [3.63, 3.8) is 0 Å². The summed E-state index contributed by atoms with van der Waals surface area (Å²) in [7, 11) is 0. The van der Waals surface area contributed by atoms with Crippen LogP contribution in [0.2, 0.25) is 0 Å². The fourth-order valence-electron chi connectivity index (χ4n) is 27.2. The fraction of sp³-hybridized carbons (Fsp3) is 0.542. The molecule has 24 rings (SSSR count). The molecule has 8 unspecified atom stereocenters. The molecule has 0 radical (unpaired) electrons. The number of fused-ring (bicyclic) bond motifs is 2. The van der Waals surface area contributed by atoms with E-state index in [4.69, 9.17) is 0 Å². The van der Waals surface area contributed by atoms with Crippen molar-refractivity contribution in [1.82, 2.24) is 0 Å². The van der Waals surface area contributed by atoms with Gasteiger partial charge in [-0.1, -0.05) is 174 Å². The van der Waals surface area contributed by atoms with Crippen molar-refractivity contribution in [3.8, 4) is 11.1 Å². The second-order valence-electron chi connectivity index (χ2n) is 40.9. The van der Waals surface area contributed by atoms with Gasteiger partial charge in [0, 0.05) is 44.3 Å². The third-order valence-electron chi connectivity index (χ3n) is 30.9. The Bertz CT molecular complexity index is 4360. The van der Waals surface area contributed by atoms with Gasteiger partial charge in [0.1, 0.15) is 0 Å². The van der Waals surface area contributed by atoms with Crippen LogP contribution in [0, 0.1) is 71.0 Å². The third-order valence-corrected chi connectivity index (χ3v) is 30.9. The minimum absolute atomic E-state index is 0.0788. The molecule has 8 atom stereocenters. The van der Waals surface area contributed by atoms with Crippen LogP contribution in [0.5, 0.6) is 0 Å². The highest BCUT2D eigenvalue weighted by atomic mass is 15.2. The van der Waals surface area contributed by atoms with Gasteiger partial charge in [-0.25, -0.2) is 0 Å². The Kier molecular flexibility index (Phi) is 13.1. The van der Waals surface area contributed by atoms with Gasteiger partial charge in [0.2, 0.25) is 0 Å². The molecule has 0 aliphatic heterocycles. The lowest BCUT2D eigenvalue weighted by Crippen LogP contribution is -2.32. The van der Waals surface area contributed by atoms with Crippen LogP contribution in [0.3, 0.4) is 0 Å². The van der Waals surface area contributed by atoms with Gasteiger partial charge in [-0.2, -0.15) is 0 Å². The molecule has 0 N–H and O–H groups in total. The molecule has 2 nitrogen and oxygen atoms in total. The quantitative estimate of drug-likeness (QED) is 0.0941. The first-order valence-corrected chi connectivity index (χ1v) is 40.0. The van der Waals surface area contributed by atoms with Crippen molar-refractivity contribution in [2.45, 2.75) is 255 Å². The van der Waals surface area contributed by atoms with E-state index in [0.29, 0.717) is 0 Å². The Morgan fingerprint density at radius 2 is 0.531 bits per heavy atom. The van der Waals surface area contributed by atoms with Crippen LogP contribution in [0.15, 0.2) is 146 Å². The van der Waals surface area contributed by atoms with E-state index in [0.717, 1.165) is 71.0 Å². The highest BCUT2D eigenvalue weighted by Crippen LogP contribution is 2.72. The number of benzene rings is 8. The summed E-state index contributed by atoms with van der Waals surface area (Å²) in [6.45, 7) is 29.5. The molecule has 0 saturated heterocycles. The van der Waals surface area contributed by atoms with E-state index in [1.807, 2.05) is 0 Å². The molecule has 0 spiro atoms.